The predicted octanol–water partition coefficient (Wildman–Crippen LogP) is 2.22. The first-order valence-corrected chi connectivity index (χ1v) is 4.70. The van der Waals surface area contributed by atoms with Crippen LogP contribution in [0.3, 0.4) is 0 Å². The maximum absolute atomic E-state index is 9.65. The number of hydrogen-bond donors (Lipinski definition) is 1. The van der Waals surface area contributed by atoms with Gasteiger partial charge in [-0.3, -0.25) is 4.98 Å². The SMILES string of the molecule is CCC(C)C(O)c1cncs1. The molecule has 0 saturated heterocycles. The van der Waals surface area contributed by atoms with Crippen LogP contribution >= 0.6 is 11.3 Å². The van der Waals surface area contributed by atoms with Crippen molar-refractivity contribution >= 4 is 11.3 Å². The van der Waals surface area contributed by atoms with Gasteiger partial charge in [0.2, 0.25) is 0 Å². The number of aliphatic hydroxyl groups is 1. The lowest BCUT2D eigenvalue weighted by Gasteiger charge is -2.14. The van der Waals surface area contributed by atoms with Crippen LogP contribution in [0.25, 0.3) is 0 Å². The van der Waals surface area contributed by atoms with Gasteiger partial charge >= 0.3 is 0 Å². The molecule has 0 amide bonds. The highest BCUT2D eigenvalue weighted by Gasteiger charge is 2.15. The highest BCUT2D eigenvalue weighted by atomic mass is 32.1. The summed E-state index contributed by atoms with van der Waals surface area (Å²) in [7, 11) is 0. The van der Waals surface area contributed by atoms with Crippen molar-refractivity contribution in [1.82, 2.24) is 4.98 Å². The third-order valence-corrected chi connectivity index (χ3v) is 2.77. The number of aliphatic hydroxyl groups excluding tert-OH is 1. The van der Waals surface area contributed by atoms with Gasteiger partial charge in [0, 0.05) is 6.20 Å². The standard InChI is InChI=1S/C8H13NOS/c1-3-6(2)8(10)7-4-9-5-11-7/h4-6,8,10H,3H2,1-2H3. The fraction of sp³-hybridized carbons (Fsp3) is 0.625. The fourth-order valence-electron chi connectivity index (χ4n) is 0.875. The Balaban J connectivity index is 2.62. The van der Waals surface area contributed by atoms with E-state index in [0.29, 0.717) is 5.92 Å². The van der Waals surface area contributed by atoms with Gasteiger partial charge in [-0.1, -0.05) is 20.3 Å². The van der Waals surface area contributed by atoms with E-state index < -0.39 is 0 Å². The highest BCUT2D eigenvalue weighted by molar-refractivity contribution is 7.09. The summed E-state index contributed by atoms with van der Waals surface area (Å²) in [5.74, 6) is 0.329. The summed E-state index contributed by atoms with van der Waals surface area (Å²) in [5, 5.41) is 9.65. The van der Waals surface area contributed by atoms with E-state index in [-0.39, 0.29) is 6.10 Å². The van der Waals surface area contributed by atoms with Crippen molar-refractivity contribution in [2.75, 3.05) is 0 Å². The van der Waals surface area contributed by atoms with Crippen LogP contribution in [-0.2, 0) is 0 Å². The summed E-state index contributed by atoms with van der Waals surface area (Å²) >= 11 is 1.51. The van der Waals surface area contributed by atoms with Crippen LogP contribution in [0.15, 0.2) is 11.7 Å². The molecule has 0 aliphatic rings. The van der Waals surface area contributed by atoms with Gasteiger partial charge in [-0.2, -0.15) is 0 Å². The minimum atomic E-state index is -0.326. The molecule has 0 spiro atoms. The number of aromatic nitrogens is 1. The topological polar surface area (TPSA) is 33.1 Å². The van der Waals surface area contributed by atoms with Crippen LogP contribution in [0, 0.1) is 5.92 Å². The Kier molecular flexibility index (Phi) is 3.02. The molecule has 1 N–H and O–H groups in total. The van der Waals surface area contributed by atoms with Gasteiger partial charge in [0.05, 0.1) is 16.5 Å². The van der Waals surface area contributed by atoms with Crippen molar-refractivity contribution in [3.8, 4) is 0 Å². The zero-order valence-electron chi connectivity index (χ0n) is 6.82. The molecule has 0 aliphatic carbocycles. The van der Waals surface area contributed by atoms with Crippen molar-refractivity contribution in [3.63, 3.8) is 0 Å². The molecular weight excluding hydrogens is 158 g/mol. The van der Waals surface area contributed by atoms with Crippen molar-refractivity contribution in [2.45, 2.75) is 26.4 Å². The third kappa shape index (κ3) is 2.01. The summed E-state index contributed by atoms with van der Waals surface area (Å²) in [4.78, 5) is 4.89. The van der Waals surface area contributed by atoms with Gasteiger partial charge in [-0.25, -0.2) is 0 Å². The summed E-state index contributed by atoms with van der Waals surface area (Å²) in [6.07, 6.45) is 2.41. The molecule has 1 rings (SSSR count). The molecule has 2 nitrogen and oxygen atoms in total. The van der Waals surface area contributed by atoms with Gasteiger partial charge in [0.15, 0.2) is 0 Å². The molecule has 0 bridgehead atoms. The van der Waals surface area contributed by atoms with Gasteiger partial charge in [0.25, 0.3) is 0 Å². The molecule has 11 heavy (non-hydrogen) atoms. The Hall–Kier alpha value is -0.410. The third-order valence-electron chi connectivity index (χ3n) is 1.93. The van der Waals surface area contributed by atoms with Gasteiger partial charge in [-0.05, 0) is 5.92 Å². The summed E-state index contributed by atoms with van der Waals surface area (Å²) in [6.45, 7) is 4.12. The minimum absolute atomic E-state index is 0.326. The van der Waals surface area contributed by atoms with Crippen LogP contribution in [0.2, 0.25) is 0 Å². The van der Waals surface area contributed by atoms with E-state index in [0.717, 1.165) is 11.3 Å². The van der Waals surface area contributed by atoms with E-state index in [1.807, 2.05) is 6.92 Å². The Labute approximate surface area is 70.9 Å². The second-order valence-electron chi connectivity index (χ2n) is 2.73. The lowest BCUT2D eigenvalue weighted by molar-refractivity contribution is 0.119. The molecule has 2 atom stereocenters. The number of rotatable bonds is 3. The lowest BCUT2D eigenvalue weighted by Crippen LogP contribution is -2.05. The van der Waals surface area contributed by atoms with Crippen LogP contribution in [0.1, 0.15) is 31.2 Å². The van der Waals surface area contributed by atoms with Crippen molar-refractivity contribution in [2.24, 2.45) is 5.92 Å². The molecule has 0 fully saturated rings. The highest BCUT2D eigenvalue weighted by Crippen LogP contribution is 2.26. The first kappa shape index (κ1) is 8.68. The molecule has 62 valence electrons. The lowest BCUT2D eigenvalue weighted by atomic mass is 10.0. The van der Waals surface area contributed by atoms with Gasteiger partial charge in [-0.15, -0.1) is 11.3 Å². The summed E-state index contributed by atoms with van der Waals surface area (Å²) < 4.78 is 0. The largest absolute Gasteiger partial charge is 0.387 e. The number of hydrogen-bond acceptors (Lipinski definition) is 3. The van der Waals surface area contributed by atoms with Crippen LogP contribution < -0.4 is 0 Å². The van der Waals surface area contributed by atoms with Crippen LogP contribution in [0.5, 0.6) is 0 Å². The maximum atomic E-state index is 9.65. The molecule has 3 heteroatoms. The van der Waals surface area contributed by atoms with E-state index in [1.54, 1.807) is 11.7 Å². The quantitative estimate of drug-likeness (QED) is 0.756. The second-order valence-corrected chi connectivity index (χ2v) is 3.65. The minimum Gasteiger partial charge on any atom is -0.387 e. The molecule has 1 aromatic rings. The first-order chi connectivity index (χ1) is 5.25. The Morgan fingerprint density at radius 2 is 2.45 bits per heavy atom. The summed E-state index contributed by atoms with van der Waals surface area (Å²) in [6, 6.07) is 0. The van der Waals surface area contributed by atoms with E-state index in [9.17, 15) is 5.11 Å². The molecule has 0 saturated carbocycles. The Morgan fingerprint density at radius 1 is 1.73 bits per heavy atom. The monoisotopic (exact) mass is 171 g/mol. The Bertz CT molecular complexity index is 198. The average Bonchev–Trinajstić information content (AvgIpc) is 2.53. The number of thiazole rings is 1. The van der Waals surface area contributed by atoms with E-state index >= 15 is 0 Å². The molecule has 0 radical (unpaired) electrons. The van der Waals surface area contributed by atoms with E-state index in [1.165, 1.54) is 11.3 Å². The number of nitrogens with zero attached hydrogens (tertiary/aromatic N) is 1. The predicted molar refractivity (Wildman–Crippen MR) is 46.5 cm³/mol. The van der Waals surface area contributed by atoms with Crippen molar-refractivity contribution < 1.29 is 5.11 Å². The fourth-order valence-corrected chi connectivity index (χ4v) is 1.61. The Morgan fingerprint density at radius 3 is 2.91 bits per heavy atom. The van der Waals surface area contributed by atoms with Gasteiger partial charge in [0.1, 0.15) is 0 Å². The van der Waals surface area contributed by atoms with E-state index in [4.69, 9.17) is 0 Å². The van der Waals surface area contributed by atoms with Gasteiger partial charge < -0.3 is 5.11 Å². The average molecular weight is 171 g/mol. The molecule has 0 aromatic carbocycles. The van der Waals surface area contributed by atoms with Crippen molar-refractivity contribution in [3.05, 3.63) is 16.6 Å². The smallest absolute Gasteiger partial charge is 0.0923 e. The van der Waals surface area contributed by atoms with Crippen LogP contribution in [-0.4, -0.2) is 10.1 Å². The van der Waals surface area contributed by atoms with Crippen molar-refractivity contribution in [1.29, 1.82) is 0 Å². The summed E-state index contributed by atoms with van der Waals surface area (Å²) in [5.41, 5.74) is 1.75. The first-order valence-electron chi connectivity index (χ1n) is 3.82. The van der Waals surface area contributed by atoms with Crippen LogP contribution in [0.4, 0.5) is 0 Å². The van der Waals surface area contributed by atoms with E-state index in [2.05, 4.69) is 11.9 Å². The zero-order chi connectivity index (χ0) is 8.27. The zero-order valence-corrected chi connectivity index (χ0v) is 7.64. The molecule has 0 aliphatic heterocycles. The normalized spacial score (nSPS) is 16.3. The molecule has 2 unspecified atom stereocenters. The molecular formula is C8H13NOS. The maximum Gasteiger partial charge on any atom is 0.0923 e. The molecule has 1 aromatic heterocycles. The second kappa shape index (κ2) is 3.83. The molecule has 1 heterocycles.